The van der Waals surface area contributed by atoms with Crippen molar-refractivity contribution in [2.24, 2.45) is 5.92 Å². The summed E-state index contributed by atoms with van der Waals surface area (Å²) in [7, 11) is 0. The number of allylic oxidation sites excluding steroid dienone is 1. The van der Waals surface area contributed by atoms with Gasteiger partial charge in [-0.2, -0.15) is 0 Å². The molecule has 1 unspecified atom stereocenters. The molecule has 0 bridgehead atoms. The molecular formula is C24H27N5O3S. The number of nitrogens with one attached hydrogen (secondary N) is 1. The molecule has 3 aromatic rings. The van der Waals surface area contributed by atoms with Crippen LogP contribution in [0.3, 0.4) is 0 Å². The van der Waals surface area contributed by atoms with Crippen molar-refractivity contribution in [3.8, 4) is 0 Å². The van der Waals surface area contributed by atoms with Crippen molar-refractivity contribution in [3.05, 3.63) is 93.8 Å². The fourth-order valence-corrected chi connectivity index (χ4v) is 4.17. The number of carbonyl (C=O) groups is 1. The second kappa shape index (κ2) is 10.9. The standard InChI is InChI=1S/C24H27N5O3S/c1-5-14-28-22(21(16(2)3)25-23(30)19-10-6-17(4)7-11-19)26-27-24(28)33-15-18-8-12-20(13-9-18)29(31)32/h5-13,16,21H,1,14-15H2,2-4H3,(H,25,30). The number of benzene rings is 2. The van der Waals surface area contributed by atoms with E-state index in [4.69, 9.17) is 0 Å². The van der Waals surface area contributed by atoms with E-state index in [9.17, 15) is 14.9 Å². The number of aryl methyl sites for hydroxylation is 1. The molecular weight excluding hydrogens is 438 g/mol. The average Bonchev–Trinajstić information content (AvgIpc) is 3.18. The van der Waals surface area contributed by atoms with Gasteiger partial charge in [-0.3, -0.25) is 14.9 Å². The van der Waals surface area contributed by atoms with Crippen LogP contribution in [0.15, 0.2) is 66.3 Å². The normalized spacial score (nSPS) is 11.9. The van der Waals surface area contributed by atoms with Crippen molar-refractivity contribution < 1.29 is 9.72 Å². The molecule has 0 aliphatic carbocycles. The Labute approximate surface area is 197 Å². The zero-order valence-electron chi connectivity index (χ0n) is 18.9. The van der Waals surface area contributed by atoms with E-state index < -0.39 is 4.92 Å². The number of aromatic nitrogens is 3. The van der Waals surface area contributed by atoms with Gasteiger partial charge in [0.1, 0.15) is 0 Å². The molecule has 172 valence electrons. The van der Waals surface area contributed by atoms with Crippen molar-refractivity contribution in [1.29, 1.82) is 0 Å². The molecule has 0 aliphatic rings. The van der Waals surface area contributed by atoms with Crippen LogP contribution in [-0.2, 0) is 12.3 Å². The summed E-state index contributed by atoms with van der Waals surface area (Å²) in [5.41, 5.74) is 2.68. The van der Waals surface area contributed by atoms with Gasteiger partial charge in [-0.1, -0.05) is 61.5 Å². The first kappa shape index (κ1) is 24.2. The summed E-state index contributed by atoms with van der Waals surface area (Å²) in [6, 6.07) is 13.6. The lowest BCUT2D eigenvalue weighted by Gasteiger charge is -2.22. The quantitative estimate of drug-likeness (QED) is 0.193. The first-order valence-electron chi connectivity index (χ1n) is 10.6. The average molecular weight is 466 g/mol. The number of carbonyl (C=O) groups excluding carboxylic acids is 1. The third-order valence-corrected chi connectivity index (χ3v) is 6.16. The van der Waals surface area contributed by atoms with Crippen LogP contribution in [0.25, 0.3) is 0 Å². The number of nitro groups is 1. The minimum absolute atomic E-state index is 0.0601. The van der Waals surface area contributed by atoms with Crippen LogP contribution in [0.2, 0.25) is 0 Å². The molecule has 9 heteroatoms. The molecule has 0 radical (unpaired) electrons. The third-order valence-electron chi connectivity index (χ3n) is 5.12. The van der Waals surface area contributed by atoms with Crippen molar-refractivity contribution in [2.75, 3.05) is 0 Å². The maximum atomic E-state index is 12.9. The van der Waals surface area contributed by atoms with Crippen molar-refractivity contribution in [2.45, 2.75) is 44.3 Å². The minimum atomic E-state index is -0.416. The van der Waals surface area contributed by atoms with E-state index in [-0.39, 0.29) is 23.6 Å². The molecule has 1 aromatic heterocycles. The predicted octanol–water partition coefficient (Wildman–Crippen LogP) is 5.10. The Morgan fingerprint density at radius 2 is 1.85 bits per heavy atom. The highest BCUT2D eigenvalue weighted by Gasteiger charge is 2.26. The van der Waals surface area contributed by atoms with Crippen molar-refractivity contribution >= 4 is 23.4 Å². The van der Waals surface area contributed by atoms with Crippen molar-refractivity contribution in [3.63, 3.8) is 0 Å². The summed E-state index contributed by atoms with van der Waals surface area (Å²) >= 11 is 1.48. The first-order chi connectivity index (χ1) is 15.8. The van der Waals surface area contributed by atoms with Crippen LogP contribution in [0, 0.1) is 23.0 Å². The highest BCUT2D eigenvalue weighted by molar-refractivity contribution is 7.98. The third kappa shape index (κ3) is 6.07. The summed E-state index contributed by atoms with van der Waals surface area (Å²) in [4.78, 5) is 23.3. The van der Waals surface area contributed by atoms with Crippen LogP contribution in [0.4, 0.5) is 5.69 Å². The molecule has 1 amide bonds. The number of non-ortho nitro benzene ring substituents is 1. The monoisotopic (exact) mass is 465 g/mol. The number of nitrogens with zero attached hydrogens (tertiary/aromatic N) is 4. The second-order valence-corrected chi connectivity index (χ2v) is 8.96. The Balaban J connectivity index is 1.80. The zero-order valence-corrected chi connectivity index (χ0v) is 19.7. The maximum Gasteiger partial charge on any atom is 0.269 e. The largest absolute Gasteiger partial charge is 0.342 e. The Morgan fingerprint density at radius 1 is 1.18 bits per heavy atom. The first-order valence-corrected chi connectivity index (χ1v) is 11.6. The number of hydrogen-bond donors (Lipinski definition) is 1. The van der Waals surface area contributed by atoms with Crippen LogP contribution >= 0.6 is 11.8 Å². The molecule has 0 spiro atoms. The molecule has 33 heavy (non-hydrogen) atoms. The number of rotatable bonds is 10. The summed E-state index contributed by atoms with van der Waals surface area (Å²) in [5, 5.41) is 23.4. The Hall–Kier alpha value is -3.46. The molecule has 0 saturated carbocycles. The molecule has 8 nitrogen and oxygen atoms in total. The minimum Gasteiger partial charge on any atom is -0.342 e. The summed E-state index contributed by atoms with van der Waals surface area (Å²) in [5.74, 6) is 1.16. The molecule has 3 rings (SSSR count). The molecule has 1 heterocycles. The lowest BCUT2D eigenvalue weighted by atomic mass is 10.0. The van der Waals surface area contributed by atoms with E-state index >= 15 is 0 Å². The number of nitro benzene ring substituents is 1. The molecule has 1 N–H and O–H groups in total. The predicted molar refractivity (Wildman–Crippen MR) is 129 cm³/mol. The maximum absolute atomic E-state index is 12.9. The van der Waals surface area contributed by atoms with Crippen LogP contribution in [-0.4, -0.2) is 25.6 Å². The zero-order chi connectivity index (χ0) is 24.0. The van der Waals surface area contributed by atoms with E-state index in [1.165, 1.54) is 23.9 Å². The SMILES string of the molecule is C=CCn1c(SCc2ccc([N+](=O)[O-])cc2)nnc1C(NC(=O)c1ccc(C)cc1)C(C)C. The van der Waals surface area contributed by atoms with E-state index in [1.807, 2.05) is 49.6 Å². The number of hydrogen-bond acceptors (Lipinski definition) is 6. The second-order valence-electron chi connectivity index (χ2n) is 8.01. The van der Waals surface area contributed by atoms with Gasteiger partial charge in [-0.25, -0.2) is 0 Å². The van der Waals surface area contributed by atoms with Gasteiger partial charge in [-0.05, 0) is 30.5 Å². The number of amides is 1. The van der Waals surface area contributed by atoms with E-state index in [2.05, 4.69) is 22.1 Å². The smallest absolute Gasteiger partial charge is 0.269 e. The van der Waals surface area contributed by atoms with E-state index in [0.717, 1.165) is 11.1 Å². The van der Waals surface area contributed by atoms with Crippen LogP contribution in [0.5, 0.6) is 0 Å². The summed E-state index contributed by atoms with van der Waals surface area (Å²) < 4.78 is 1.95. The highest BCUT2D eigenvalue weighted by atomic mass is 32.2. The van der Waals surface area contributed by atoms with Gasteiger partial charge in [0.15, 0.2) is 11.0 Å². The lowest BCUT2D eigenvalue weighted by molar-refractivity contribution is -0.384. The van der Waals surface area contributed by atoms with Gasteiger partial charge >= 0.3 is 0 Å². The molecule has 2 aromatic carbocycles. The molecule has 1 atom stereocenters. The topological polar surface area (TPSA) is 103 Å². The molecule has 0 fully saturated rings. The van der Waals surface area contributed by atoms with E-state index in [0.29, 0.717) is 28.8 Å². The van der Waals surface area contributed by atoms with E-state index in [1.54, 1.807) is 18.2 Å². The van der Waals surface area contributed by atoms with Crippen LogP contribution in [0.1, 0.15) is 47.2 Å². The fraction of sp³-hybridized carbons (Fsp3) is 0.292. The Morgan fingerprint density at radius 3 is 2.42 bits per heavy atom. The Bertz CT molecular complexity index is 1120. The lowest BCUT2D eigenvalue weighted by Crippen LogP contribution is -2.33. The van der Waals surface area contributed by atoms with Gasteiger partial charge in [0.2, 0.25) is 0 Å². The van der Waals surface area contributed by atoms with Gasteiger partial charge in [-0.15, -0.1) is 16.8 Å². The van der Waals surface area contributed by atoms with Gasteiger partial charge < -0.3 is 9.88 Å². The molecule has 0 saturated heterocycles. The van der Waals surface area contributed by atoms with Gasteiger partial charge in [0, 0.05) is 30.0 Å². The summed E-state index contributed by atoms with van der Waals surface area (Å²) in [6.07, 6.45) is 1.77. The van der Waals surface area contributed by atoms with Crippen LogP contribution < -0.4 is 5.32 Å². The van der Waals surface area contributed by atoms with Crippen molar-refractivity contribution in [1.82, 2.24) is 20.1 Å². The fourth-order valence-electron chi connectivity index (χ4n) is 3.26. The Kier molecular flexibility index (Phi) is 8.00. The van der Waals surface area contributed by atoms with Gasteiger partial charge in [0.05, 0.1) is 11.0 Å². The highest BCUT2D eigenvalue weighted by Crippen LogP contribution is 2.28. The number of thioether (sulfide) groups is 1. The molecule has 0 aliphatic heterocycles. The van der Waals surface area contributed by atoms with Gasteiger partial charge in [0.25, 0.3) is 11.6 Å². The summed E-state index contributed by atoms with van der Waals surface area (Å²) in [6.45, 7) is 10.4.